The standard InChI is InChI=1S/C15H17F2NO3/c1-10(12-7-4-8-20-12)18-9-11-5-3-6-13(19-2)14(11)21-15(16)17/h3-8,10,15,18H,9H2,1-2H3/t10-/m1/s1. The fraction of sp³-hybridized carbons (Fsp3) is 0.333. The van der Waals surface area contributed by atoms with Crippen molar-refractivity contribution in [2.45, 2.75) is 26.1 Å². The van der Waals surface area contributed by atoms with Crippen molar-refractivity contribution in [1.29, 1.82) is 0 Å². The molecule has 21 heavy (non-hydrogen) atoms. The molecule has 4 nitrogen and oxygen atoms in total. The van der Waals surface area contributed by atoms with Gasteiger partial charge in [-0.1, -0.05) is 12.1 Å². The summed E-state index contributed by atoms with van der Waals surface area (Å²) in [6.45, 7) is -0.629. The Morgan fingerprint density at radius 3 is 2.67 bits per heavy atom. The highest BCUT2D eigenvalue weighted by atomic mass is 19.3. The molecule has 6 heteroatoms. The largest absolute Gasteiger partial charge is 0.493 e. The Labute approximate surface area is 121 Å². The van der Waals surface area contributed by atoms with Crippen LogP contribution in [0.15, 0.2) is 41.0 Å². The monoisotopic (exact) mass is 297 g/mol. The summed E-state index contributed by atoms with van der Waals surface area (Å²) in [5.41, 5.74) is 0.591. The van der Waals surface area contributed by atoms with Crippen molar-refractivity contribution in [3.63, 3.8) is 0 Å². The first-order chi connectivity index (χ1) is 10.1. The number of nitrogens with one attached hydrogen (secondary N) is 1. The van der Waals surface area contributed by atoms with Gasteiger partial charge in [0.1, 0.15) is 5.76 Å². The number of hydrogen-bond acceptors (Lipinski definition) is 4. The molecule has 0 fully saturated rings. The molecule has 0 bridgehead atoms. The van der Waals surface area contributed by atoms with Gasteiger partial charge in [0.25, 0.3) is 0 Å². The van der Waals surface area contributed by atoms with Gasteiger partial charge in [0, 0.05) is 12.1 Å². The summed E-state index contributed by atoms with van der Waals surface area (Å²) in [6.07, 6.45) is 1.59. The van der Waals surface area contributed by atoms with Crippen molar-refractivity contribution in [3.05, 3.63) is 47.9 Å². The fourth-order valence-electron chi connectivity index (χ4n) is 1.99. The van der Waals surface area contributed by atoms with Gasteiger partial charge < -0.3 is 19.2 Å². The lowest BCUT2D eigenvalue weighted by molar-refractivity contribution is -0.0519. The molecule has 1 atom stereocenters. The number of rotatable bonds is 7. The Kier molecular flexibility index (Phi) is 5.16. The van der Waals surface area contributed by atoms with Crippen molar-refractivity contribution in [3.8, 4) is 11.5 Å². The average molecular weight is 297 g/mol. The van der Waals surface area contributed by atoms with Crippen molar-refractivity contribution in [2.24, 2.45) is 0 Å². The molecular formula is C15H17F2NO3. The molecule has 0 aliphatic rings. The number of furan rings is 1. The Bertz CT molecular complexity index is 558. The molecule has 0 unspecified atom stereocenters. The molecule has 0 radical (unpaired) electrons. The summed E-state index contributed by atoms with van der Waals surface area (Å²) < 4.78 is 40.0. The van der Waals surface area contributed by atoms with E-state index in [-0.39, 0.29) is 17.5 Å². The molecule has 1 N–H and O–H groups in total. The summed E-state index contributed by atoms with van der Waals surface area (Å²) in [7, 11) is 1.41. The van der Waals surface area contributed by atoms with Gasteiger partial charge in [-0.05, 0) is 25.1 Å². The van der Waals surface area contributed by atoms with Gasteiger partial charge in [-0.3, -0.25) is 0 Å². The van der Waals surface area contributed by atoms with Crippen LogP contribution in [0.3, 0.4) is 0 Å². The highest BCUT2D eigenvalue weighted by Gasteiger charge is 2.16. The van der Waals surface area contributed by atoms with E-state index in [0.29, 0.717) is 12.1 Å². The summed E-state index contributed by atoms with van der Waals surface area (Å²) in [5.74, 6) is 1.10. The molecule has 1 heterocycles. The number of alkyl halides is 2. The van der Waals surface area contributed by atoms with Crippen molar-refractivity contribution >= 4 is 0 Å². The zero-order valence-electron chi connectivity index (χ0n) is 11.8. The molecule has 2 aromatic rings. The van der Waals surface area contributed by atoms with E-state index in [1.54, 1.807) is 30.5 Å². The van der Waals surface area contributed by atoms with Crippen LogP contribution in [-0.2, 0) is 6.54 Å². The first-order valence-electron chi connectivity index (χ1n) is 6.49. The van der Waals surface area contributed by atoms with Gasteiger partial charge >= 0.3 is 6.61 Å². The topological polar surface area (TPSA) is 43.6 Å². The van der Waals surface area contributed by atoms with E-state index in [0.717, 1.165) is 5.76 Å². The number of hydrogen-bond donors (Lipinski definition) is 1. The predicted octanol–water partition coefficient (Wildman–Crippen LogP) is 3.74. The van der Waals surface area contributed by atoms with Crippen LogP contribution >= 0.6 is 0 Å². The maximum Gasteiger partial charge on any atom is 0.387 e. The highest BCUT2D eigenvalue weighted by Crippen LogP contribution is 2.32. The third-order valence-corrected chi connectivity index (χ3v) is 3.06. The van der Waals surface area contributed by atoms with Crippen LogP contribution in [0.25, 0.3) is 0 Å². The van der Waals surface area contributed by atoms with Crippen LogP contribution in [0.5, 0.6) is 11.5 Å². The maximum absolute atomic E-state index is 12.5. The van der Waals surface area contributed by atoms with Crippen molar-refractivity contribution in [1.82, 2.24) is 5.32 Å². The van der Waals surface area contributed by atoms with E-state index in [1.807, 2.05) is 13.0 Å². The molecule has 0 saturated carbocycles. The number of halogens is 2. The van der Waals surface area contributed by atoms with Crippen LogP contribution in [0, 0.1) is 0 Å². The second-order valence-electron chi connectivity index (χ2n) is 4.45. The lowest BCUT2D eigenvalue weighted by Gasteiger charge is -2.16. The third kappa shape index (κ3) is 3.95. The molecular weight excluding hydrogens is 280 g/mol. The fourth-order valence-corrected chi connectivity index (χ4v) is 1.99. The molecule has 1 aromatic heterocycles. The Morgan fingerprint density at radius 1 is 1.24 bits per heavy atom. The normalized spacial score (nSPS) is 12.4. The molecule has 0 saturated heterocycles. The third-order valence-electron chi connectivity index (χ3n) is 3.06. The van der Waals surface area contributed by atoms with Gasteiger partial charge in [0.15, 0.2) is 11.5 Å². The van der Waals surface area contributed by atoms with E-state index in [1.165, 1.54) is 7.11 Å². The lowest BCUT2D eigenvalue weighted by atomic mass is 10.1. The Hall–Kier alpha value is -2.08. The molecule has 0 spiro atoms. The van der Waals surface area contributed by atoms with E-state index in [4.69, 9.17) is 9.15 Å². The summed E-state index contributed by atoms with van der Waals surface area (Å²) >= 11 is 0. The van der Waals surface area contributed by atoms with Gasteiger partial charge in [-0.25, -0.2) is 0 Å². The second kappa shape index (κ2) is 7.08. The van der Waals surface area contributed by atoms with Crippen LogP contribution in [0.2, 0.25) is 0 Å². The van der Waals surface area contributed by atoms with Gasteiger partial charge in [0.2, 0.25) is 0 Å². The first-order valence-corrected chi connectivity index (χ1v) is 6.49. The van der Waals surface area contributed by atoms with Gasteiger partial charge in [-0.2, -0.15) is 8.78 Å². The van der Waals surface area contributed by atoms with E-state index >= 15 is 0 Å². The smallest absolute Gasteiger partial charge is 0.387 e. The second-order valence-corrected chi connectivity index (χ2v) is 4.45. The minimum absolute atomic E-state index is 0.0501. The van der Waals surface area contributed by atoms with E-state index in [2.05, 4.69) is 10.1 Å². The quantitative estimate of drug-likeness (QED) is 0.845. The highest BCUT2D eigenvalue weighted by molar-refractivity contribution is 5.46. The molecule has 114 valence electrons. The summed E-state index contributed by atoms with van der Waals surface area (Å²) in [5, 5.41) is 3.19. The molecule has 2 rings (SSSR count). The van der Waals surface area contributed by atoms with Crippen LogP contribution in [0.4, 0.5) is 8.78 Å². The molecule has 0 aliphatic carbocycles. The van der Waals surface area contributed by atoms with Crippen molar-refractivity contribution < 1.29 is 22.7 Å². The molecule has 0 amide bonds. The molecule has 1 aromatic carbocycles. The summed E-state index contributed by atoms with van der Waals surface area (Å²) in [6, 6.07) is 8.61. The van der Waals surface area contributed by atoms with Crippen LogP contribution in [-0.4, -0.2) is 13.7 Å². The SMILES string of the molecule is COc1cccc(CN[C@H](C)c2ccco2)c1OC(F)F. The number of ether oxygens (including phenoxy) is 2. The maximum atomic E-state index is 12.5. The predicted molar refractivity (Wildman–Crippen MR) is 73.6 cm³/mol. The zero-order valence-corrected chi connectivity index (χ0v) is 11.8. The molecule has 0 aliphatic heterocycles. The van der Waals surface area contributed by atoms with E-state index in [9.17, 15) is 8.78 Å². The lowest BCUT2D eigenvalue weighted by Crippen LogP contribution is -2.18. The van der Waals surface area contributed by atoms with E-state index < -0.39 is 6.61 Å². The van der Waals surface area contributed by atoms with Gasteiger partial charge in [0.05, 0.1) is 19.4 Å². The Morgan fingerprint density at radius 2 is 2.05 bits per heavy atom. The zero-order chi connectivity index (χ0) is 15.2. The number of benzene rings is 1. The number of methoxy groups -OCH3 is 1. The van der Waals surface area contributed by atoms with Gasteiger partial charge in [-0.15, -0.1) is 0 Å². The van der Waals surface area contributed by atoms with Crippen LogP contribution in [0.1, 0.15) is 24.3 Å². The minimum Gasteiger partial charge on any atom is -0.493 e. The first kappa shape index (κ1) is 15.3. The van der Waals surface area contributed by atoms with Crippen molar-refractivity contribution in [2.75, 3.05) is 7.11 Å². The Balaban J connectivity index is 2.11. The summed E-state index contributed by atoms with van der Waals surface area (Å²) in [4.78, 5) is 0. The van der Waals surface area contributed by atoms with Crippen LogP contribution < -0.4 is 14.8 Å². The minimum atomic E-state index is -2.90. The number of para-hydroxylation sites is 1. The average Bonchev–Trinajstić information content (AvgIpc) is 2.99.